The molecule has 1 aliphatic heterocycles. The predicted molar refractivity (Wildman–Crippen MR) is 81.7 cm³/mol. The molecule has 0 spiro atoms. The Hall–Kier alpha value is -1.64. The molecule has 2 aromatic carbocycles. The van der Waals surface area contributed by atoms with E-state index in [1.54, 1.807) is 0 Å². The second-order valence-corrected chi connectivity index (χ2v) is 5.47. The molecule has 0 fully saturated rings. The highest BCUT2D eigenvalue weighted by Gasteiger charge is 2.25. The molecule has 0 saturated heterocycles. The Morgan fingerprint density at radius 3 is 2.65 bits per heavy atom. The van der Waals surface area contributed by atoms with Crippen LogP contribution in [-0.4, -0.2) is 17.8 Å². The molecule has 0 amide bonds. The second kappa shape index (κ2) is 6.21. The molecule has 0 bridgehead atoms. The fraction of sp³-hybridized carbons (Fsp3) is 0.333. The molecule has 0 saturated carbocycles. The fourth-order valence-electron chi connectivity index (χ4n) is 3.01. The summed E-state index contributed by atoms with van der Waals surface area (Å²) in [7, 11) is 0. The van der Waals surface area contributed by atoms with E-state index in [0.29, 0.717) is 0 Å². The van der Waals surface area contributed by atoms with Crippen LogP contribution in [0.15, 0.2) is 54.6 Å². The van der Waals surface area contributed by atoms with Gasteiger partial charge in [-0.2, -0.15) is 0 Å². The van der Waals surface area contributed by atoms with Crippen LogP contribution in [0.5, 0.6) is 0 Å². The average molecular weight is 267 g/mol. The van der Waals surface area contributed by atoms with Gasteiger partial charge < -0.3 is 10.4 Å². The lowest BCUT2D eigenvalue weighted by Gasteiger charge is -2.30. The zero-order valence-electron chi connectivity index (χ0n) is 11.6. The molecule has 2 atom stereocenters. The third kappa shape index (κ3) is 2.92. The molecule has 1 heterocycles. The Morgan fingerprint density at radius 1 is 1.05 bits per heavy atom. The van der Waals surface area contributed by atoms with E-state index in [2.05, 4.69) is 53.8 Å². The molecule has 0 aliphatic carbocycles. The van der Waals surface area contributed by atoms with Crippen molar-refractivity contribution >= 4 is 0 Å². The van der Waals surface area contributed by atoms with Crippen molar-refractivity contribution in [2.45, 2.75) is 31.4 Å². The summed E-state index contributed by atoms with van der Waals surface area (Å²) in [5.74, 6) is 0. The second-order valence-electron chi connectivity index (χ2n) is 5.47. The van der Waals surface area contributed by atoms with Crippen LogP contribution in [0.1, 0.15) is 29.2 Å². The smallest absolute Gasteiger partial charge is 0.0738 e. The number of fused-ring (bicyclic) bond motifs is 1. The van der Waals surface area contributed by atoms with E-state index >= 15 is 0 Å². The van der Waals surface area contributed by atoms with Crippen molar-refractivity contribution < 1.29 is 5.11 Å². The highest BCUT2D eigenvalue weighted by atomic mass is 16.3. The maximum Gasteiger partial charge on any atom is 0.0738 e. The predicted octanol–water partition coefficient (Wildman–Crippen LogP) is 2.87. The number of rotatable bonds is 4. The van der Waals surface area contributed by atoms with Gasteiger partial charge in [0.15, 0.2) is 0 Å². The van der Waals surface area contributed by atoms with Crippen LogP contribution in [0.2, 0.25) is 0 Å². The number of aryl methyl sites for hydroxylation is 1. The van der Waals surface area contributed by atoms with Gasteiger partial charge in [0.05, 0.1) is 12.1 Å². The van der Waals surface area contributed by atoms with Gasteiger partial charge in [0.1, 0.15) is 0 Å². The van der Waals surface area contributed by atoms with Crippen molar-refractivity contribution in [1.29, 1.82) is 0 Å². The Labute approximate surface area is 120 Å². The number of benzene rings is 2. The van der Waals surface area contributed by atoms with E-state index < -0.39 is 0 Å². The molecule has 2 unspecified atom stereocenters. The lowest BCUT2D eigenvalue weighted by atomic mass is 9.89. The first kappa shape index (κ1) is 13.3. The van der Waals surface area contributed by atoms with E-state index in [1.807, 2.05) is 6.07 Å². The molecule has 2 heteroatoms. The van der Waals surface area contributed by atoms with Gasteiger partial charge in [-0.1, -0.05) is 54.6 Å². The molecule has 3 rings (SSSR count). The van der Waals surface area contributed by atoms with Gasteiger partial charge in [0, 0.05) is 0 Å². The van der Waals surface area contributed by atoms with Crippen LogP contribution < -0.4 is 5.32 Å². The first-order chi connectivity index (χ1) is 9.84. The Morgan fingerprint density at radius 2 is 1.80 bits per heavy atom. The van der Waals surface area contributed by atoms with Crippen LogP contribution in [0.25, 0.3) is 0 Å². The average Bonchev–Trinajstić information content (AvgIpc) is 2.53. The van der Waals surface area contributed by atoms with Gasteiger partial charge >= 0.3 is 0 Å². The van der Waals surface area contributed by atoms with E-state index in [4.69, 9.17) is 0 Å². The maximum atomic E-state index is 10.5. The monoisotopic (exact) mass is 267 g/mol. The molecular formula is C18H21NO. The van der Waals surface area contributed by atoms with Crippen molar-refractivity contribution in [3.05, 3.63) is 71.3 Å². The van der Waals surface area contributed by atoms with Gasteiger partial charge in [0.25, 0.3) is 0 Å². The zero-order chi connectivity index (χ0) is 13.8. The summed E-state index contributed by atoms with van der Waals surface area (Å²) in [5, 5.41) is 14.0. The van der Waals surface area contributed by atoms with Gasteiger partial charge in [-0.15, -0.1) is 0 Å². The molecule has 2 nitrogen and oxygen atoms in total. The molecule has 0 aromatic heterocycles. The summed E-state index contributed by atoms with van der Waals surface area (Å²) >= 11 is 0. The minimum absolute atomic E-state index is 0.0728. The minimum Gasteiger partial charge on any atom is -0.391 e. The lowest BCUT2D eigenvalue weighted by Crippen LogP contribution is -2.37. The van der Waals surface area contributed by atoms with Gasteiger partial charge in [0.2, 0.25) is 0 Å². The van der Waals surface area contributed by atoms with Crippen molar-refractivity contribution in [3.63, 3.8) is 0 Å². The third-order valence-electron chi connectivity index (χ3n) is 4.11. The van der Waals surface area contributed by atoms with Gasteiger partial charge in [-0.3, -0.25) is 0 Å². The first-order valence-corrected chi connectivity index (χ1v) is 7.38. The minimum atomic E-state index is -0.336. The molecule has 2 aromatic rings. The maximum absolute atomic E-state index is 10.5. The largest absolute Gasteiger partial charge is 0.391 e. The highest BCUT2D eigenvalue weighted by molar-refractivity contribution is 5.33. The Balaban J connectivity index is 1.67. The fourth-order valence-corrected chi connectivity index (χ4v) is 3.01. The number of hydrogen-bond donors (Lipinski definition) is 2. The van der Waals surface area contributed by atoms with Crippen molar-refractivity contribution in [2.75, 3.05) is 6.54 Å². The van der Waals surface area contributed by atoms with Crippen LogP contribution >= 0.6 is 0 Å². The summed E-state index contributed by atoms with van der Waals surface area (Å²) in [6, 6.07) is 18.9. The van der Waals surface area contributed by atoms with Gasteiger partial charge in [-0.05, 0) is 42.5 Å². The molecule has 104 valence electrons. The summed E-state index contributed by atoms with van der Waals surface area (Å²) in [6.45, 7) is 0.948. The van der Waals surface area contributed by atoms with E-state index in [1.165, 1.54) is 16.7 Å². The molecule has 20 heavy (non-hydrogen) atoms. The quantitative estimate of drug-likeness (QED) is 0.893. The van der Waals surface area contributed by atoms with Crippen LogP contribution in [-0.2, 0) is 12.8 Å². The third-order valence-corrected chi connectivity index (χ3v) is 4.11. The number of aliphatic hydroxyl groups excluding tert-OH is 1. The topological polar surface area (TPSA) is 32.3 Å². The van der Waals surface area contributed by atoms with Crippen LogP contribution in [0.4, 0.5) is 0 Å². The van der Waals surface area contributed by atoms with E-state index in [-0.39, 0.29) is 12.1 Å². The number of nitrogens with one attached hydrogen (secondary N) is 1. The SMILES string of the molecule is OC(CCc1ccccc1)C1NCCc2ccccc21. The summed E-state index contributed by atoms with van der Waals surface area (Å²) in [6.07, 6.45) is 2.42. The number of aliphatic hydroxyl groups is 1. The highest BCUT2D eigenvalue weighted by Crippen LogP contribution is 2.27. The molecular weight excluding hydrogens is 246 g/mol. The normalized spacial score (nSPS) is 19.4. The number of hydrogen-bond acceptors (Lipinski definition) is 2. The molecule has 1 aliphatic rings. The van der Waals surface area contributed by atoms with E-state index in [9.17, 15) is 5.11 Å². The molecule has 0 radical (unpaired) electrons. The van der Waals surface area contributed by atoms with E-state index in [0.717, 1.165) is 25.8 Å². The van der Waals surface area contributed by atoms with Crippen molar-refractivity contribution in [3.8, 4) is 0 Å². The molecule has 2 N–H and O–H groups in total. The van der Waals surface area contributed by atoms with Crippen molar-refractivity contribution in [1.82, 2.24) is 5.32 Å². The Bertz CT molecular complexity index is 552. The summed E-state index contributed by atoms with van der Waals surface area (Å²) < 4.78 is 0. The van der Waals surface area contributed by atoms with Crippen LogP contribution in [0, 0.1) is 0 Å². The van der Waals surface area contributed by atoms with Gasteiger partial charge in [-0.25, -0.2) is 0 Å². The van der Waals surface area contributed by atoms with Crippen LogP contribution in [0.3, 0.4) is 0 Å². The standard InChI is InChI=1S/C18H21NO/c20-17(11-10-14-6-2-1-3-7-14)18-16-9-5-4-8-15(16)12-13-19-18/h1-9,17-20H,10-13H2. The first-order valence-electron chi connectivity index (χ1n) is 7.38. The summed E-state index contributed by atoms with van der Waals surface area (Å²) in [4.78, 5) is 0. The zero-order valence-corrected chi connectivity index (χ0v) is 11.6. The van der Waals surface area contributed by atoms with Crippen molar-refractivity contribution in [2.24, 2.45) is 0 Å². The Kier molecular flexibility index (Phi) is 4.14. The summed E-state index contributed by atoms with van der Waals surface area (Å²) in [5.41, 5.74) is 3.92. The lowest BCUT2D eigenvalue weighted by molar-refractivity contribution is 0.115.